The fraction of sp³-hybridized carbons (Fsp3) is 0.429. The highest BCUT2D eigenvalue weighted by Gasteiger charge is 2.28. The van der Waals surface area contributed by atoms with Crippen LogP contribution < -0.4 is 5.56 Å². The Morgan fingerprint density at radius 2 is 1.95 bits per heavy atom. The molecule has 0 bridgehead atoms. The maximum absolute atomic E-state index is 13.6. The number of benzene rings is 2. The van der Waals surface area contributed by atoms with Crippen molar-refractivity contribution < 1.29 is 9.13 Å². The van der Waals surface area contributed by atoms with E-state index in [2.05, 4.69) is 45.3 Å². The number of rotatable bonds is 9. The molecular weight excluding hydrogens is 471 g/mol. The fourth-order valence-corrected chi connectivity index (χ4v) is 5.12. The van der Waals surface area contributed by atoms with Crippen molar-refractivity contribution in [3.05, 3.63) is 86.7 Å². The number of ether oxygens (including phenoxy) is 1. The zero-order chi connectivity index (χ0) is 25.9. The lowest BCUT2D eigenvalue weighted by atomic mass is 10.0. The first-order valence-corrected chi connectivity index (χ1v) is 12.9. The fourth-order valence-electron chi connectivity index (χ4n) is 5.12. The Morgan fingerprint density at radius 3 is 2.68 bits per heavy atom. The van der Waals surface area contributed by atoms with Crippen LogP contribution in [0.15, 0.2) is 47.3 Å². The molecule has 8 nitrogen and oxygen atoms in total. The molecule has 1 aliphatic rings. The summed E-state index contributed by atoms with van der Waals surface area (Å²) in [5.41, 5.74) is 4.63. The molecule has 3 heterocycles. The zero-order valence-corrected chi connectivity index (χ0v) is 21.6. The Labute approximate surface area is 215 Å². The van der Waals surface area contributed by atoms with Crippen molar-refractivity contribution in [1.29, 1.82) is 0 Å². The molecule has 2 atom stereocenters. The lowest BCUT2D eigenvalue weighted by molar-refractivity contribution is 0.0888. The van der Waals surface area contributed by atoms with E-state index in [9.17, 15) is 9.18 Å². The van der Waals surface area contributed by atoms with E-state index >= 15 is 0 Å². The number of halogens is 1. The Bertz CT molecular complexity index is 1430. The standard InChI is InChI=1S/C28H33FN6O2/c1-4-26(27-31-32-33-35(27)17-24-6-5-11-37-24)34(15-20-7-9-23(29)10-8-20)16-22-14-21-12-18(2)19(3)13-25(21)30-28(22)36/h7-10,12-14,24,26H,4-6,11,15-17H2,1-3H3,(H,30,36)/t24-,26-/m1/s1. The van der Waals surface area contributed by atoms with Gasteiger partial charge in [0.2, 0.25) is 0 Å². The van der Waals surface area contributed by atoms with Gasteiger partial charge in [-0.15, -0.1) is 5.10 Å². The van der Waals surface area contributed by atoms with Gasteiger partial charge >= 0.3 is 0 Å². The van der Waals surface area contributed by atoms with E-state index in [4.69, 9.17) is 4.74 Å². The van der Waals surface area contributed by atoms with Gasteiger partial charge in [-0.2, -0.15) is 0 Å². The predicted molar refractivity (Wildman–Crippen MR) is 140 cm³/mol. The quantitative estimate of drug-likeness (QED) is 0.358. The molecule has 5 rings (SSSR count). The van der Waals surface area contributed by atoms with Crippen LogP contribution in [0.4, 0.5) is 4.39 Å². The zero-order valence-electron chi connectivity index (χ0n) is 21.6. The minimum Gasteiger partial charge on any atom is -0.376 e. The van der Waals surface area contributed by atoms with Gasteiger partial charge in [-0.3, -0.25) is 9.69 Å². The molecule has 4 aromatic rings. The van der Waals surface area contributed by atoms with E-state index in [-0.39, 0.29) is 23.5 Å². The monoisotopic (exact) mass is 504 g/mol. The molecule has 0 spiro atoms. The van der Waals surface area contributed by atoms with Crippen LogP contribution in [0.2, 0.25) is 0 Å². The van der Waals surface area contributed by atoms with E-state index in [1.807, 2.05) is 23.7 Å². The minimum absolute atomic E-state index is 0.0975. The minimum atomic E-state index is -0.278. The molecule has 2 aromatic carbocycles. The third kappa shape index (κ3) is 5.62. The van der Waals surface area contributed by atoms with Gasteiger partial charge in [0.1, 0.15) is 5.82 Å². The summed E-state index contributed by atoms with van der Waals surface area (Å²) < 4.78 is 21.3. The number of nitrogens with one attached hydrogen (secondary N) is 1. The number of tetrazole rings is 1. The molecule has 1 N–H and O–H groups in total. The second-order valence-corrected chi connectivity index (χ2v) is 9.96. The topological polar surface area (TPSA) is 88.9 Å². The van der Waals surface area contributed by atoms with Crippen molar-refractivity contribution in [3.8, 4) is 0 Å². The predicted octanol–water partition coefficient (Wildman–Crippen LogP) is 4.60. The Kier molecular flexibility index (Phi) is 7.43. The van der Waals surface area contributed by atoms with Crippen molar-refractivity contribution in [2.24, 2.45) is 0 Å². The highest BCUT2D eigenvalue weighted by atomic mass is 19.1. The molecule has 37 heavy (non-hydrogen) atoms. The maximum atomic E-state index is 13.6. The highest BCUT2D eigenvalue weighted by molar-refractivity contribution is 5.80. The van der Waals surface area contributed by atoms with Crippen LogP contribution >= 0.6 is 0 Å². The van der Waals surface area contributed by atoms with E-state index in [0.29, 0.717) is 25.2 Å². The summed E-state index contributed by atoms with van der Waals surface area (Å²) in [5, 5.41) is 13.6. The number of aromatic amines is 1. The van der Waals surface area contributed by atoms with Gasteiger partial charge in [0.05, 0.1) is 18.7 Å². The summed E-state index contributed by atoms with van der Waals surface area (Å²) in [4.78, 5) is 18.4. The molecule has 0 saturated carbocycles. The lowest BCUT2D eigenvalue weighted by Gasteiger charge is -2.30. The Morgan fingerprint density at radius 1 is 1.16 bits per heavy atom. The van der Waals surface area contributed by atoms with Gasteiger partial charge in [-0.05, 0) is 95.9 Å². The number of H-pyrrole nitrogens is 1. The molecular formula is C28H33FN6O2. The normalized spacial score (nSPS) is 16.6. The molecule has 9 heteroatoms. The highest BCUT2D eigenvalue weighted by Crippen LogP contribution is 2.28. The van der Waals surface area contributed by atoms with E-state index in [0.717, 1.165) is 53.7 Å². The van der Waals surface area contributed by atoms with E-state index in [1.54, 1.807) is 12.1 Å². The number of hydrogen-bond acceptors (Lipinski definition) is 6. The van der Waals surface area contributed by atoms with Gasteiger partial charge in [-0.1, -0.05) is 19.1 Å². The second-order valence-electron chi connectivity index (χ2n) is 9.96. The SMILES string of the molecule is CC[C@H](c1nnnn1C[C@H]1CCCO1)N(Cc1ccc(F)cc1)Cc1cc2cc(C)c(C)cc2[nH]c1=O. The summed E-state index contributed by atoms with van der Waals surface area (Å²) >= 11 is 0. The number of aryl methyl sites for hydroxylation is 2. The first-order valence-electron chi connectivity index (χ1n) is 12.9. The molecule has 0 amide bonds. The van der Waals surface area contributed by atoms with Crippen molar-refractivity contribution >= 4 is 10.9 Å². The van der Waals surface area contributed by atoms with Crippen molar-refractivity contribution in [3.63, 3.8) is 0 Å². The molecule has 2 aromatic heterocycles. The largest absolute Gasteiger partial charge is 0.376 e. The van der Waals surface area contributed by atoms with Gasteiger partial charge in [-0.25, -0.2) is 9.07 Å². The molecule has 1 aliphatic heterocycles. The van der Waals surface area contributed by atoms with Gasteiger partial charge in [0, 0.05) is 30.8 Å². The number of pyridine rings is 1. The van der Waals surface area contributed by atoms with Gasteiger partial charge in [0.15, 0.2) is 5.82 Å². The van der Waals surface area contributed by atoms with Crippen LogP contribution in [0.3, 0.4) is 0 Å². The Hall–Kier alpha value is -3.43. The van der Waals surface area contributed by atoms with Crippen molar-refractivity contribution in [1.82, 2.24) is 30.1 Å². The molecule has 0 aliphatic carbocycles. The van der Waals surface area contributed by atoms with Gasteiger partial charge < -0.3 is 9.72 Å². The number of fused-ring (bicyclic) bond motifs is 1. The summed E-state index contributed by atoms with van der Waals surface area (Å²) in [6.45, 7) is 8.46. The Balaban J connectivity index is 1.51. The van der Waals surface area contributed by atoms with Crippen LogP contribution in [0.1, 0.15) is 60.3 Å². The van der Waals surface area contributed by atoms with Crippen LogP contribution in [-0.2, 0) is 24.4 Å². The van der Waals surface area contributed by atoms with Crippen LogP contribution in [0.25, 0.3) is 10.9 Å². The molecule has 1 saturated heterocycles. The second kappa shape index (κ2) is 10.9. The number of aromatic nitrogens is 5. The van der Waals surface area contributed by atoms with Crippen molar-refractivity contribution in [2.45, 2.75) is 71.8 Å². The lowest BCUT2D eigenvalue weighted by Crippen LogP contribution is -2.33. The summed E-state index contributed by atoms with van der Waals surface area (Å²) in [6, 6.07) is 12.4. The molecule has 194 valence electrons. The van der Waals surface area contributed by atoms with E-state index in [1.165, 1.54) is 17.7 Å². The van der Waals surface area contributed by atoms with Crippen LogP contribution in [-0.4, -0.2) is 42.8 Å². The third-order valence-corrected chi connectivity index (χ3v) is 7.29. The maximum Gasteiger partial charge on any atom is 0.252 e. The summed E-state index contributed by atoms with van der Waals surface area (Å²) in [7, 11) is 0. The average Bonchev–Trinajstić information content (AvgIpc) is 3.56. The average molecular weight is 505 g/mol. The smallest absolute Gasteiger partial charge is 0.252 e. The number of nitrogens with zero attached hydrogens (tertiary/aromatic N) is 5. The first-order chi connectivity index (χ1) is 17.9. The van der Waals surface area contributed by atoms with E-state index < -0.39 is 0 Å². The first kappa shape index (κ1) is 25.2. The van der Waals surface area contributed by atoms with Crippen LogP contribution in [0.5, 0.6) is 0 Å². The molecule has 1 fully saturated rings. The number of hydrogen-bond donors (Lipinski definition) is 1. The molecule has 0 unspecified atom stereocenters. The molecule has 0 radical (unpaired) electrons. The summed E-state index contributed by atoms with van der Waals surface area (Å²) in [6.07, 6.45) is 2.86. The van der Waals surface area contributed by atoms with Gasteiger partial charge in [0.25, 0.3) is 5.56 Å². The third-order valence-electron chi connectivity index (χ3n) is 7.29. The van der Waals surface area contributed by atoms with Crippen LogP contribution in [0, 0.1) is 19.7 Å². The summed E-state index contributed by atoms with van der Waals surface area (Å²) in [5.74, 6) is 0.461. The van der Waals surface area contributed by atoms with Crippen molar-refractivity contribution in [2.75, 3.05) is 6.61 Å².